The maximum Gasteiger partial charge on any atom is 0.338 e. The van der Waals surface area contributed by atoms with E-state index in [0.717, 1.165) is 11.1 Å². The highest BCUT2D eigenvalue weighted by molar-refractivity contribution is 8.00. The molecule has 5 nitrogen and oxygen atoms in total. The molecule has 1 aliphatic rings. The standard InChI is InChI=1S/C27H28O5S/c1-29-27-25(32-26(28)22-15-9-4-10-16-22)24(31-18-21-13-7-3-8-14-21)23(33-27)19-30-17-20-11-5-2-6-12-20/h2-16,23-25,27H,17-19H2,1H3/t23-,24-,25+,27?/m1/s1. The summed E-state index contributed by atoms with van der Waals surface area (Å²) in [6.45, 7) is 1.38. The van der Waals surface area contributed by atoms with Gasteiger partial charge in [0.25, 0.3) is 0 Å². The number of hydrogen-bond acceptors (Lipinski definition) is 6. The fourth-order valence-electron chi connectivity index (χ4n) is 3.74. The van der Waals surface area contributed by atoms with Crippen LogP contribution in [-0.2, 0) is 32.2 Å². The first-order chi connectivity index (χ1) is 16.2. The van der Waals surface area contributed by atoms with Crippen LogP contribution in [0, 0.1) is 0 Å². The molecule has 0 aliphatic carbocycles. The monoisotopic (exact) mass is 464 g/mol. The number of ether oxygens (including phenoxy) is 4. The highest BCUT2D eigenvalue weighted by Gasteiger charge is 2.48. The average Bonchev–Trinajstić information content (AvgIpc) is 3.20. The lowest BCUT2D eigenvalue weighted by Crippen LogP contribution is -2.40. The fourth-order valence-corrected chi connectivity index (χ4v) is 5.13. The normalized spacial score (nSPS) is 22.2. The summed E-state index contributed by atoms with van der Waals surface area (Å²) < 4.78 is 24.0. The molecular weight excluding hydrogens is 436 g/mol. The molecule has 1 unspecified atom stereocenters. The zero-order chi connectivity index (χ0) is 22.9. The van der Waals surface area contributed by atoms with Gasteiger partial charge in [-0.25, -0.2) is 4.79 Å². The summed E-state index contributed by atoms with van der Waals surface area (Å²) in [4.78, 5) is 12.8. The minimum atomic E-state index is -0.554. The summed E-state index contributed by atoms with van der Waals surface area (Å²) in [6.07, 6.45) is -0.926. The Bertz CT molecular complexity index is 983. The second-order valence-electron chi connectivity index (χ2n) is 7.78. The summed E-state index contributed by atoms with van der Waals surface area (Å²) in [5.41, 5.74) is 2.32. The topological polar surface area (TPSA) is 54.0 Å². The van der Waals surface area contributed by atoms with Gasteiger partial charge in [-0.15, -0.1) is 11.8 Å². The second-order valence-corrected chi connectivity index (χ2v) is 9.12. The molecule has 33 heavy (non-hydrogen) atoms. The molecule has 0 aromatic heterocycles. The molecule has 4 atom stereocenters. The van der Waals surface area contributed by atoms with Gasteiger partial charge in [-0.2, -0.15) is 0 Å². The molecule has 6 heteroatoms. The van der Waals surface area contributed by atoms with E-state index in [9.17, 15) is 4.79 Å². The molecule has 1 heterocycles. The van der Waals surface area contributed by atoms with Crippen molar-refractivity contribution in [3.63, 3.8) is 0 Å². The Labute approximate surface area is 199 Å². The molecule has 172 valence electrons. The van der Waals surface area contributed by atoms with Gasteiger partial charge < -0.3 is 18.9 Å². The Morgan fingerprint density at radius 3 is 1.97 bits per heavy atom. The van der Waals surface area contributed by atoms with Crippen LogP contribution in [0.15, 0.2) is 91.0 Å². The number of benzene rings is 3. The molecule has 3 aromatic rings. The first kappa shape index (κ1) is 23.5. The molecular formula is C27H28O5S. The minimum Gasteiger partial charge on any atom is -0.452 e. The molecule has 0 radical (unpaired) electrons. The van der Waals surface area contributed by atoms with Crippen LogP contribution in [0.3, 0.4) is 0 Å². The summed E-state index contributed by atoms with van der Waals surface area (Å²) >= 11 is 1.58. The van der Waals surface area contributed by atoms with Crippen molar-refractivity contribution in [3.8, 4) is 0 Å². The van der Waals surface area contributed by atoms with Crippen LogP contribution in [0.4, 0.5) is 0 Å². The van der Waals surface area contributed by atoms with Crippen molar-refractivity contribution in [2.24, 2.45) is 0 Å². The number of esters is 1. The zero-order valence-corrected chi connectivity index (χ0v) is 19.4. The summed E-state index contributed by atoms with van der Waals surface area (Å²) in [6, 6.07) is 29.0. The van der Waals surface area contributed by atoms with Gasteiger partial charge in [0.15, 0.2) is 6.10 Å². The van der Waals surface area contributed by atoms with Crippen molar-refractivity contribution < 1.29 is 23.7 Å². The van der Waals surface area contributed by atoms with Gasteiger partial charge in [-0.05, 0) is 23.3 Å². The minimum absolute atomic E-state index is 0.0454. The number of carbonyl (C=O) groups excluding carboxylic acids is 1. The van der Waals surface area contributed by atoms with Crippen molar-refractivity contribution in [1.82, 2.24) is 0 Å². The summed E-state index contributed by atoms with van der Waals surface area (Å²) in [5, 5.41) is -0.0454. The van der Waals surface area contributed by atoms with E-state index in [1.54, 1.807) is 31.0 Å². The van der Waals surface area contributed by atoms with E-state index < -0.39 is 6.10 Å². The third-order valence-electron chi connectivity index (χ3n) is 5.43. The molecule has 1 fully saturated rings. The Morgan fingerprint density at radius 1 is 0.788 bits per heavy atom. The molecule has 1 saturated heterocycles. The lowest BCUT2D eigenvalue weighted by Gasteiger charge is -2.25. The van der Waals surface area contributed by atoms with Crippen molar-refractivity contribution in [1.29, 1.82) is 0 Å². The molecule has 0 spiro atoms. The van der Waals surface area contributed by atoms with Gasteiger partial charge in [-0.1, -0.05) is 78.9 Å². The van der Waals surface area contributed by atoms with Gasteiger partial charge in [0, 0.05) is 7.11 Å². The van der Waals surface area contributed by atoms with Gasteiger partial charge in [0.05, 0.1) is 30.6 Å². The van der Waals surface area contributed by atoms with Gasteiger partial charge in [-0.3, -0.25) is 0 Å². The maximum atomic E-state index is 12.8. The third kappa shape index (κ3) is 6.45. The maximum absolute atomic E-state index is 12.8. The van der Waals surface area contributed by atoms with E-state index in [4.69, 9.17) is 18.9 Å². The quantitative estimate of drug-likeness (QED) is 0.389. The molecule has 4 rings (SSSR count). The Hall–Kier alpha value is -2.64. The Morgan fingerprint density at radius 2 is 1.36 bits per heavy atom. The predicted octanol–water partition coefficient (Wildman–Crippen LogP) is 5.10. The van der Waals surface area contributed by atoms with E-state index in [1.807, 2.05) is 78.9 Å². The number of hydrogen-bond donors (Lipinski definition) is 0. The third-order valence-corrected chi connectivity index (χ3v) is 6.91. The van der Waals surface area contributed by atoms with Crippen molar-refractivity contribution >= 4 is 17.7 Å². The first-order valence-electron chi connectivity index (χ1n) is 11.0. The largest absolute Gasteiger partial charge is 0.452 e. The highest BCUT2D eigenvalue weighted by Crippen LogP contribution is 2.39. The van der Waals surface area contributed by atoms with E-state index >= 15 is 0 Å². The van der Waals surface area contributed by atoms with Gasteiger partial charge in [0.2, 0.25) is 0 Å². The smallest absolute Gasteiger partial charge is 0.338 e. The SMILES string of the molecule is COC1S[C@H](COCc2ccccc2)[C@@H](OCc2ccccc2)[C@@H]1OC(=O)c1ccccc1. The molecule has 3 aromatic carbocycles. The summed E-state index contributed by atoms with van der Waals surface area (Å²) in [7, 11) is 1.63. The Balaban J connectivity index is 1.46. The van der Waals surface area contributed by atoms with Crippen LogP contribution >= 0.6 is 11.8 Å². The number of methoxy groups -OCH3 is 1. The molecule has 1 aliphatic heterocycles. The molecule has 0 bridgehead atoms. The van der Waals surface area contributed by atoms with Crippen LogP contribution in [0.25, 0.3) is 0 Å². The number of thioether (sulfide) groups is 1. The second kappa shape index (κ2) is 12.0. The fraction of sp³-hybridized carbons (Fsp3) is 0.296. The van der Waals surface area contributed by atoms with E-state index in [-0.39, 0.29) is 22.8 Å². The van der Waals surface area contributed by atoms with E-state index in [1.165, 1.54) is 0 Å². The number of rotatable bonds is 10. The van der Waals surface area contributed by atoms with Crippen molar-refractivity contribution in [2.75, 3.05) is 13.7 Å². The molecule has 0 N–H and O–H groups in total. The lowest BCUT2D eigenvalue weighted by molar-refractivity contribution is -0.0862. The van der Waals surface area contributed by atoms with Crippen molar-refractivity contribution in [3.05, 3.63) is 108 Å². The van der Waals surface area contributed by atoms with Crippen LogP contribution in [0.2, 0.25) is 0 Å². The molecule has 0 saturated carbocycles. The predicted molar refractivity (Wildman–Crippen MR) is 129 cm³/mol. The van der Waals surface area contributed by atoms with Gasteiger partial charge in [0.1, 0.15) is 11.5 Å². The van der Waals surface area contributed by atoms with Crippen molar-refractivity contribution in [2.45, 2.75) is 36.1 Å². The summed E-state index contributed by atoms with van der Waals surface area (Å²) in [5.74, 6) is -0.387. The average molecular weight is 465 g/mol. The van der Waals surface area contributed by atoms with E-state index in [0.29, 0.717) is 25.4 Å². The van der Waals surface area contributed by atoms with Crippen LogP contribution in [-0.4, -0.2) is 42.6 Å². The molecule has 0 amide bonds. The number of carbonyl (C=O) groups is 1. The van der Waals surface area contributed by atoms with Crippen LogP contribution in [0.5, 0.6) is 0 Å². The Kier molecular flexibility index (Phi) is 8.55. The highest BCUT2D eigenvalue weighted by atomic mass is 32.2. The van der Waals surface area contributed by atoms with Crippen LogP contribution in [0.1, 0.15) is 21.5 Å². The van der Waals surface area contributed by atoms with Crippen LogP contribution < -0.4 is 0 Å². The zero-order valence-electron chi connectivity index (χ0n) is 18.5. The lowest BCUT2D eigenvalue weighted by atomic mass is 10.1. The van der Waals surface area contributed by atoms with E-state index in [2.05, 4.69) is 0 Å². The first-order valence-corrected chi connectivity index (χ1v) is 11.9. The van der Waals surface area contributed by atoms with Gasteiger partial charge >= 0.3 is 5.97 Å².